The van der Waals surface area contributed by atoms with Crippen LogP contribution >= 0.6 is 0 Å². The summed E-state index contributed by atoms with van der Waals surface area (Å²) >= 11 is 0. The first kappa shape index (κ1) is 14.1. The van der Waals surface area contributed by atoms with E-state index >= 15 is 0 Å². The number of carbonyl (C=O) groups is 1. The average Bonchev–Trinajstić information content (AvgIpc) is 2.87. The molecule has 0 bridgehead atoms. The van der Waals surface area contributed by atoms with Crippen molar-refractivity contribution >= 4 is 22.6 Å². The van der Waals surface area contributed by atoms with Gasteiger partial charge in [0, 0.05) is 12.2 Å². The van der Waals surface area contributed by atoms with Crippen LogP contribution in [0.4, 0.5) is 5.69 Å². The van der Waals surface area contributed by atoms with Crippen molar-refractivity contribution in [3.05, 3.63) is 24.0 Å². The van der Waals surface area contributed by atoms with E-state index in [4.69, 9.17) is 5.73 Å². The number of fused-ring (bicyclic) bond motifs is 1. The minimum atomic E-state index is -0.392. The molecule has 1 saturated carbocycles. The number of hydrogen-bond acceptors (Lipinski definition) is 3. The number of hydrogen-bond donors (Lipinski definition) is 3. The molecule has 1 aromatic heterocycles. The maximum Gasteiger partial charge on any atom is 0.231 e. The molecule has 1 aromatic carbocycles. The smallest absolute Gasteiger partial charge is 0.231 e. The van der Waals surface area contributed by atoms with Gasteiger partial charge in [-0.25, -0.2) is 4.98 Å². The number of aromatic nitrogens is 2. The van der Waals surface area contributed by atoms with E-state index < -0.39 is 5.41 Å². The molecule has 0 radical (unpaired) electrons. The first-order chi connectivity index (χ1) is 10.1. The van der Waals surface area contributed by atoms with Gasteiger partial charge in [-0.15, -0.1) is 0 Å². The van der Waals surface area contributed by atoms with Crippen molar-refractivity contribution in [2.45, 2.75) is 39.0 Å². The molecule has 1 heterocycles. The highest BCUT2D eigenvalue weighted by molar-refractivity contribution is 5.97. The Morgan fingerprint density at radius 2 is 2.14 bits per heavy atom. The number of benzene rings is 1. The summed E-state index contributed by atoms with van der Waals surface area (Å²) in [6, 6.07) is 5.75. The molecule has 0 saturated heterocycles. The van der Waals surface area contributed by atoms with Crippen LogP contribution in [0.3, 0.4) is 0 Å². The van der Waals surface area contributed by atoms with Crippen LogP contribution in [0.1, 0.15) is 37.9 Å². The van der Waals surface area contributed by atoms with Crippen LogP contribution in [-0.4, -0.2) is 22.4 Å². The van der Waals surface area contributed by atoms with Gasteiger partial charge in [0.15, 0.2) is 0 Å². The van der Waals surface area contributed by atoms with Gasteiger partial charge in [-0.05, 0) is 38.0 Å². The third kappa shape index (κ3) is 2.65. The second-order valence-corrected chi connectivity index (χ2v) is 6.05. The fraction of sp³-hybridized carbons (Fsp3) is 0.500. The summed E-state index contributed by atoms with van der Waals surface area (Å²) in [6.45, 7) is 2.34. The number of carbonyl (C=O) groups excluding carboxylic acids is 1. The van der Waals surface area contributed by atoms with Gasteiger partial charge in [0.05, 0.1) is 16.4 Å². The lowest BCUT2D eigenvalue weighted by Crippen LogP contribution is -2.43. The lowest BCUT2D eigenvalue weighted by Gasteiger charge is -2.34. The van der Waals surface area contributed by atoms with Gasteiger partial charge in [0.1, 0.15) is 5.82 Å². The fourth-order valence-corrected chi connectivity index (χ4v) is 3.23. The summed E-state index contributed by atoms with van der Waals surface area (Å²) in [5.41, 5.74) is 8.17. The molecular weight excluding hydrogens is 264 g/mol. The predicted molar refractivity (Wildman–Crippen MR) is 84.0 cm³/mol. The zero-order valence-corrected chi connectivity index (χ0v) is 12.4. The maximum atomic E-state index is 12.6. The number of aryl methyl sites for hydroxylation is 1. The molecule has 1 aliphatic rings. The van der Waals surface area contributed by atoms with Crippen molar-refractivity contribution in [2.75, 3.05) is 11.9 Å². The third-order valence-electron chi connectivity index (χ3n) is 4.54. The second kappa shape index (κ2) is 5.48. The number of rotatable bonds is 3. The van der Waals surface area contributed by atoms with Gasteiger partial charge in [-0.3, -0.25) is 4.79 Å². The summed E-state index contributed by atoms with van der Waals surface area (Å²) in [5.74, 6) is 0.930. The first-order valence-electron chi connectivity index (χ1n) is 7.61. The van der Waals surface area contributed by atoms with Gasteiger partial charge in [-0.2, -0.15) is 0 Å². The van der Waals surface area contributed by atoms with E-state index in [1.54, 1.807) is 0 Å². The van der Waals surface area contributed by atoms with Crippen LogP contribution in [0, 0.1) is 12.3 Å². The Hall–Kier alpha value is -1.88. The Labute approximate surface area is 124 Å². The van der Waals surface area contributed by atoms with Crippen molar-refractivity contribution in [1.82, 2.24) is 9.97 Å². The molecular formula is C16H22N4O. The molecule has 5 nitrogen and oxygen atoms in total. The Bertz CT molecular complexity index is 655. The molecule has 0 spiro atoms. The zero-order chi connectivity index (χ0) is 14.9. The first-order valence-corrected chi connectivity index (χ1v) is 7.61. The highest BCUT2D eigenvalue weighted by Crippen LogP contribution is 2.36. The number of nitrogens with two attached hydrogens (primary N) is 1. The molecule has 0 atom stereocenters. The van der Waals surface area contributed by atoms with E-state index in [1.807, 2.05) is 25.1 Å². The van der Waals surface area contributed by atoms with E-state index in [0.29, 0.717) is 6.54 Å². The summed E-state index contributed by atoms with van der Waals surface area (Å²) < 4.78 is 0. The monoisotopic (exact) mass is 286 g/mol. The number of H-pyrrole nitrogens is 1. The molecule has 1 amide bonds. The number of anilines is 1. The molecule has 3 rings (SSSR count). The Morgan fingerprint density at radius 1 is 1.38 bits per heavy atom. The molecule has 112 valence electrons. The van der Waals surface area contributed by atoms with E-state index in [9.17, 15) is 4.79 Å². The van der Waals surface area contributed by atoms with Gasteiger partial charge in [-0.1, -0.05) is 19.3 Å². The number of nitrogens with one attached hydrogen (secondary N) is 2. The SMILES string of the molecule is Cc1nc2ccc(NC(=O)C3(CN)CCCCC3)cc2[nH]1. The number of imidazole rings is 1. The lowest BCUT2D eigenvalue weighted by atomic mass is 9.73. The van der Waals surface area contributed by atoms with Crippen molar-refractivity contribution in [3.63, 3.8) is 0 Å². The Kier molecular flexibility index (Phi) is 3.68. The van der Waals surface area contributed by atoms with E-state index in [0.717, 1.165) is 48.2 Å². The molecule has 4 N–H and O–H groups in total. The summed E-state index contributed by atoms with van der Waals surface area (Å²) in [5, 5.41) is 3.04. The van der Waals surface area contributed by atoms with Gasteiger partial charge >= 0.3 is 0 Å². The Morgan fingerprint density at radius 3 is 2.86 bits per heavy atom. The summed E-state index contributed by atoms with van der Waals surface area (Å²) in [6.07, 6.45) is 5.16. The minimum Gasteiger partial charge on any atom is -0.342 e. The molecule has 1 aliphatic carbocycles. The largest absolute Gasteiger partial charge is 0.342 e. The van der Waals surface area contributed by atoms with Crippen LogP contribution in [0.5, 0.6) is 0 Å². The summed E-state index contributed by atoms with van der Waals surface area (Å²) in [7, 11) is 0. The van der Waals surface area contributed by atoms with Gasteiger partial charge < -0.3 is 16.0 Å². The van der Waals surface area contributed by atoms with E-state index in [1.165, 1.54) is 6.42 Å². The molecule has 5 heteroatoms. The van der Waals surface area contributed by atoms with Crippen LogP contribution in [0.2, 0.25) is 0 Å². The molecule has 0 unspecified atom stereocenters. The number of nitrogens with zero attached hydrogens (tertiary/aromatic N) is 1. The molecule has 21 heavy (non-hydrogen) atoms. The Balaban J connectivity index is 1.81. The highest BCUT2D eigenvalue weighted by atomic mass is 16.2. The van der Waals surface area contributed by atoms with Crippen molar-refractivity contribution < 1.29 is 4.79 Å². The third-order valence-corrected chi connectivity index (χ3v) is 4.54. The second-order valence-electron chi connectivity index (χ2n) is 6.05. The zero-order valence-electron chi connectivity index (χ0n) is 12.4. The summed E-state index contributed by atoms with van der Waals surface area (Å²) in [4.78, 5) is 20.2. The maximum absolute atomic E-state index is 12.6. The molecule has 1 fully saturated rings. The van der Waals surface area contributed by atoms with Crippen LogP contribution in [-0.2, 0) is 4.79 Å². The topological polar surface area (TPSA) is 83.8 Å². The fourth-order valence-electron chi connectivity index (χ4n) is 3.23. The standard InChI is InChI=1S/C16H22N4O/c1-11-18-13-6-5-12(9-14(13)19-11)20-15(21)16(10-17)7-3-2-4-8-16/h5-6,9H,2-4,7-8,10,17H2,1H3,(H,18,19)(H,20,21). The van der Waals surface area contributed by atoms with Crippen LogP contribution < -0.4 is 11.1 Å². The van der Waals surface area contributed by atoms with Crippen molar-refractivity contribution in [3.8, 4) is 0 Å². The predicted octanol–water partition coefficient (Wildman–Crippen LogP) is 2.72. The normalized spacial score (nSPS) is 17.8. The lowest BCUT2D eigenvalue weighted by molar-refractivity contribution is -0.126. The quantitative estimate of drug-likeness (QED) is 0.811. The van der Waals surface area contributed by atoms with Crippen LogP contribution in [0.15, 0.2) is 18.2 Å². The van der Waals surface area contributed by atoms with E-state index in [2.05, 4.69) is 15.3 Å². The number of amides is 1. The molecule has 2 aromatic rings. The highest BCUT2D eigenvalue weighted by Gasteiger charge is 2.38. The molecule has 0 aliphatic heterocycles. The minimum absolute atomic E-state index is 0.0558. The van der Waals surface area contributed by atoms with Crippen molar-refractivity contribution in [2.24, 2.45) is 11.1 Å². The van der Waals surface area contributed by atoms with Gasteiger partial charge in [0.25, 0.3) is 0 Å². The van der Waals surface area contributed by atoms with Gasteiger partial charge in [0.2, 0.25) is 5.91 Å². The number of aromatic amines is 1. The average molecular weight is 286 g/mol. The van der Waals surface area contributed by atoms with Crippen LogP contribution in [0.25, 0.3) is 11.0 Å². The van der Waals surface area contributed by atoms with Crippen molar-refractivity contribution in [1.29, 1.82) is 0 Å². The van der Waals surface area contributed by atoms with E-state index in [-0.39, 0.29) is 5.91 Å².